The Bertz CT molecular complexity index is 589. The Labute approximate surface area is 124 Å². The Balaban J connectivity index is 2.07. The standard InChI is InChI=1S/C16H22N2OS/c1-4-18-15-8-6-5-7-14(15)17-16(18)9-13(19)11-20-10-12(2)3/h5-8,12H,4,9-11H2,1-3H3. The molecule has 1 aromatic heterocycles. The predicted molar refractivity (Wildman–Crippen MR) is 86.3 cm³/mol. The summed E-state index contributed by atoms with van der Waals surface area (Å²) < 4.78 is 2.14. The van der Waals surface area contributed by atoms with E-state index in [-0.39, 0.29) is 5.78 Å². The van der Waals surface area contributed by atoms with Crippen LogP contribution in [0.5, 0.6) is 0 Å². The minimum Gasteiger partial charge on any atom is -0.328 e. The van der Waals surface area contributed by atoms with Gasteiger partial charge in [0.1, 0.15) is 11.6 Å². The lowest BCUT2D eigenvalue weighted by Gasteiger charge is -2.06. The second-order valence-corrected chi connectivity index (χ2v) is 6.42. The molecular formula is C16H22N2OS. The molecular weight excluding hydrogens is 268 g/mol. The highest BCUT2D eigenvalue weighted by molar-refractivity contribution is 7.99. The van der Waals surface area contributed by atoms with Crippen LogP contribution in [0.2, 0.25) is 0 Å². The molecule has 0 saturated carbocycles. The molecule has 1 aromatic carbocycles. The normalized spacial score (nSPS) is 11.4. The monoisotopic (exact) mass is 290 g/mol. The minimum atomic E-state index is 0.264. The lowest BCUT2D eigenvalue weighted by atomic mass is 10.3. The summed E-state index contributed by atoms with van der Waals surface area (Å²) in [6.07, 6.45) is 0.438. The molecule has 0 fully saturated rings. The Hall–Kier alpha value is -1.29. The number of benzene rings is 1. The zero-order valence-electron chi connectivity index (χ0n) is 12.4. The quantitative estimate of drug-likeness (QED) is 0.782. The number of thioether (sulfide) groups is 1. The van der Waals surface area contributed by atoms with Crippen molar-refractivity contribution < 1.29 is 4.79 Å². The fourth-order valence-corrected chi connectivity index (χ4v) is 3.17. The number of carbonyl (C=O) groups excluding carboxylic acids is 1. The second kappa shape index (κ2) is 6.93. The van der Waals surface area contributed by atoms with Crippen LogP contribution in [0.3, 0.4) is 0 Å². The van der Waals surface area contributed by atoms with Gasteiger partial charge in [-0.2, -0.15) is 11.8 Å². The summed E-state index contributed by atoms with van der Waals surface area (Å²) in [4.78, 5) is 16.7. The first kappa shape index (κ1) is 15.1. The summed E-state index contributed by atoms with van der Waals surface area (Å²) >= 11 is 1.72. The number of carbonyl (C=O) groups is 1. The predicted octanol–water partition coefficient (Wildman–Crippen LogP) is 3.56. The third kappa shape index (κ3) is 3.63. The highest BCUT2D eigenvalue weighted by Gasteiger charge is 2.13. The molecule has 20 heavy (non-hydrogen) atoms. The van der Waals surface area contributed by atoms with E-state index in [0.29, 0.717) is 18.1 Å². The molecule has 0 aliphatic carbocycles. The maximum atomic E-state index is 12.1. The van der Waals surface area contributed by atoms with E-state index in [9.17, 15) is 4.79 Å². The van der Waals surface area contributed by atoms with E-state index in [4.69, 9.17) is 0 Å². The van der Waals surface area contributed by atoms with Gasteiger partial charge in [-0.15, -0.1) is 0 Å². The third-order valence-corrected chi connectivity index (χ3v) is 4.55. The lowest BCUT2D eigenvalue weighted by Crippen LogP contribution is -2.12. The van der Waals surface area contributed by atoms with Crippen LogP contribution in [0.4, 0.5) is 0 Å². The van der Waals surface area contributed by atoms with Gasteiger partial charge in [0.2, 0.25) is 0 Å². The summed E-state index contributed by atoms with van der Waals surface area (Å²) in [6.45, 7) is 7.29. The molecule has 0 aliphatic heterocycles. The van der Waals surface area contributed by atoms with Crippen molar-refractivity contribution in [3.05, 3.63) is 30.1 Å². The van der Waals surface area contributed by atoms with Crippen molar-refractivity contribution in [2.75, 3.05) is 11.5 Å². The first-order chi connectivity index (χ1) is 9.61. The van der Waals surface area contributed by atoms with Gasteiger partial charge in [0.05, 0.1) is 23.2 Å². The number of Topliss-reactive ketones (excluding diaryl/α,β-unsaturated/α-hetero) is 1. The largest absolute Gasteiger partial charge is 0.328 e. The zero-order chi connectivity index (χ0) is 14.5. The molecule has 2 rings (SSSR count). The van der Waals surface area contributed by atoms with E-state index in [1.165, 1.54) is 0 Å². The van der Waals surface area contributed by atoms with Gasteiger partial charge in [-0.05, 0) is 30.7 Å². The summed E-state index contributed by atoms with van der Waals surface area (Å²) in [5.41, 5.74) is 2.10. The highest BCUT2D eigenvalue weighted by Crippen LogP contribution is 2.17. The van der Waals surface area contributed by atoms with Crippen molar-refractivity contribution in [2.45, 2.75) is 33.7 Å². The summed E-state index contributed by atoms with van der Waals surface area (Å²) in [7, 11) is 0. The number of hydrogen-bond donors (Lipinski definition) is 0. The Morgan fingerprint density at radius 3 is 2.80 bits per heavy atom. The third-order valence-electron chi connectivity index (χ3n) is 3.12. The van der Waals surface area contributed by atoms with Crippen LogP contribution in [0, 0.1) is 5.92 Å². The Kier molecular flexibility index (Phi) is 5.24. The number of aromatic nitrogens is 2. The number of rotatable bonds is 7. The number of ketones is 1. The smallest absolute Gasteiger partial charge is 0.150 e. The summed E-state index contributed by atoms with van der Waals surface area (Å²) in [5.74, 6) is 3.42. The van der Waals surface area contributed by atoms with Crippen molar-refractivity contribution >= 4 is 28.6 Å². The molecule has 0 aliphatic rings. The number of fused-ring (bicyclic) bond motifs is 1. The van der Waals surface area contributed by atoms with E-state index in [2.05, 4.69) is 36.4 Å². The SMILES string of the molecule is CCn1c(CC(=O)CSCC(C)C)nc2ccccc21. The average molecular weight is 290 g/mol. The van der Waals surface area contributed by atoms with Crippen molar-refractivity contribution in [3.8, 4) is 0 Å². The maximum Gasteiger partial charge on any atom is 0.150 e. The van der Waals surface area contributed by atoms with Crippen molar-refractivity contribution in [3.63, 3.8) is 0 Å². The molecule has 0 spiro atoms. The van der Waals surface area contributed by atoms with Crippen LogP contribution < -0.4 is 0 Å². The molecule has 0 radical (unpaired) electrons. The van der Waals surface area contributed by atoms with Gasteiger partial charge < -0.3 is 4.57 Å². The van der Waals surface area contributed by atoms with E-state index >= 15 is 0 Å². The topological polar surface area (TPSA) is 34.9 Å². The fraction of sp³-hybridized carbons (Fsp3) is 0.500. The van der Waals surface area contributed by atoms with Crippen LogP contribution in [-0.4, -0.2) is 26.8 Å². The maximum absolute atomic E-state index is 12.1. The minimum absolute atomic E-state index is 0.264. The van der Waals surface area contributed by atoms with Crippen LogP contribution in [0.25, 0.3) is 11.0 Å². The number of para-hydroxylation sites is 2. The zero-order valence-corrected chi connectivity index (χ0v) is 13.2. The van der Waals surface area contributed by atoms with Gasteiger partial charge in [-0.25, -0.2) is 4.98 Å². The Morgan fingerprint density at radius 1 is 1.35 bits per heavy atom. The molecule has 4 heteroatoms. The fourth-order valence-electron chi connectivity index (χ4n) is 2.25. The molecule has 0 N–H and O–H groups in total. The number of imidazole rings is 1. The van der Waals surface area contributed by atoms with Gasteiger partial charge in [0.25, 0.3) is 0 Å². The number of nitrogens with zero attached hydrogens (tertiary/aromatic N) is 2. The van der Waals surface area contributed by atoms with Crippen LogP contribution in [0.1, 0.15) is 26.6 Å². The lowest BCUT2D eigenvalue weighted by molar-refractivity contribution is -0.116. The van der Waals surface area contributed by atoms with Gasteiger partial charge in [-0.1, -0.05) is 26.0 Å². The first-order valence-corrected chi connectivity index (χ1v) is 8.30. The molecule has 1 heterocycles. The van der Waals surface area contributed by atoms with E-state index in [0.717, 1.165) is 29.2 Å². The van der Waals surface area contributed by atoms with Crippen molar-refractivity contribution in [2.24, 2.45) is 5.92 Å². The molecule has 0 amide bonds. The molecule has 0 atom stereocenters. The van der Waals surface area contributed by atoms with E-state index in [1.807, 2.05) is 18.2 Å². The van der Waals surface area contributed by atoms with Gasteiger partial charge in [-0.3, -0.25) is 4.79 Å². The van der Waals surface area contributed by atoms with E-state index in [1.54, 1.807) is 11.8 Å². The van der Waals surface area contributed by atoms with Gasteiger partial charge in [0, 0.05) is 6.54 Å². The van der Waals surface area contributed by atoms with Crippen LogP contribution in [-0.2, 0) is 17.8 Å². The second-order valence-electron chi connectivity index (χ2n) is 5.39. The first-order valence-electron chi connectivity index (χ1n) is 7.15. The highest BCUT2D eigenvalue weighted by atomic mass is 32.2. The van der Waals surface area contributed by atoms with E-state index < -0.39 is 0 Å². The molecule has 2 aromatic rings. The molecule has 0 bridgehead atoms. The number of aryl methyl sites for hydroxylation is 1. The molecule has 0 saturated heterocycles. The summed E-state index contributed by atoms with van der Waals surface area (Å²) in [6, 6.07) is 8.07. The molecule has 3 nitrogen and oxygen atoms in total. The van der Waals surface area contributed by atoms with Crippen LogP contribution in [0.15, 0.2) is 24.3 Å². The molecule has 0 unspecified atom stereocenters. The van der Waals surface area contributed by atoms with Crippen molar-refractivity contribution in [1.82, 2.24) is 9.55 Å². The van der Waals surface area contributed by atoms with Crippen molar-refractivity contribution in [1.29, 1.82) is 0 Å². The van der Waals surface area contributed by atoms with Crippen LogP contribution >= 0.6 is 11.8 Å². The average Bonchev–Trinajstić information content (AvgIpc) is 2.75. The Morgan fingerprint density at radius 2 is 2.10 bits per heavy atom. The van der Waals surface area contributed by atoms with Gasteiger partial charge >= 0.3 is 0 Å². The molecule has 108 valence electrons. The summed E-state index contributed by atoms with van der Waals surface area (Å²) in [5, 5.41) is 0. The van der Waals surface area contributed by atoms with Gasteiger partial charge in [0.15, 0.2) is 0 Å². The number of hydrogen-bond acceptors (Lipinski definition) is 3.